The van der Waals surface area contributed by atoms with Crippen LogP contribution in [0.15, 0.2) is 42.7 Å². The van der Waals surface area contributed by atoms with Crippen LogP contribution in [0.25, 0.3) is 16.6 Å². The first-order valence-corrected chi connectivity index (χ1v) is 9.58. The molecule has 0 radical (unpaired) electrons. The molecule has 2 aliphatic rings. The highest BCUT2D eigenvalue weighted by molar-refractivity contribution is 5.84. The van der Waals surface area contributed by atoms with Crippen LogP contribution in [0, 0.1) is 0 Å². The molecule has 28 heavy (non-hydrogen) atoms. The van der Waals surface area contributed by atoms with Gasteiger partial charge in [-0.3, -0.25) is 9.78 Å². The molecule has 1 amide bonds. The third kappa shape index (κ3) is 3.84. The van der Waals surface area contributed by atoms with Gasteiger partial charge in [0.15, 0.2) is 0 Å². The van der Waals surface area contributed by atoms with Gasteiger partial charge in [-0.25, -0.2) is 4.98 Å². The summed E-state index contributed by atoms with van der Waals surface area (Å²) in [5.74, 6) is 0.858. The summed E-state index contributed by atoms with van der Waals surface area (Å²) in [6, 6.07) is 6.12. The molecule has 146 valence electrons. The molecule has 0 saturated carbocycles. The number of aromatic nitrogens is 2. The summed E-state index contributed by atoms with van der Waals surface area (Å²) >= 11 is 0. The molecule has 7 nitrogen and oxygen atoms in total. The molecule has 1 aromatic heterocycles. The van der Waals surface area contributed by atoms with Crippen molar-refractivity contribution in [3.63, 3.8) is 0 Å². The van der Waals surface area contributed by atoms with Gasteiger partial charge >= 0.3 is 0 Å². The van der Waals surface area contributed by atoms with Crippen LogP contribution in [-0.4, -0.2) is 59.7 Å². The Balaban J connectivity index is 1.57. The fraction of sp³-hybridized carbons (Fsp3) is 0.381. The summed E-state index contributed by atoms with van der Waals surface area (Å²) in [6.45, 7) is 7.45. The van der Waals surface area contributed by atoms with Crippen molar-refractivity contribution in [3.8, 4) is 0 Å². The largest absolute Gasteiger partial charge is 0.365 e. The summed E-state index contributed by atoms with van der Waals surface area (Å²) in [5, 5.41) is 6.15. The number of anilines is 1. The Kier molecular flexibility index (Phi) is 4.77. The second-order valence-corrected chi connectivity index (χ2v) is 7.68. The molecule has 0 aliphatic carbocycles. The third-order valence-electron chi connectivity index (χ3n) is 5.25. The van der Waals surface area contributed by atoms with Crippen molar-refractivity contribution in [2.45, 2.75) is 19.5 Å². The average molecular weight is 378 g/mol. The molecule has 0 spiro atoms. The minimum atomic E-state index is -0.569. The van der Waals surface area contributed by atoms with E-state index in [0.29, 0.717) is 0 Å². The first-order chi connectivity index (χ1) is 13.4. The fourth-order valence-corrected chi connectivity index (χ4v) is 3.57. The van der Waals surface area contributed by atoms with Gasteiger partial charge in [0.25, 0.3) is 0 Å². The lowest BCUT2D eigenvalue weighted by Crippen LogP contribution is -2.53. The lowest BCUT2D eigenvalue weighted by Gasteiger charge is -2.33. The van der Waals surface area contributed by atoms with E-state index in [9.17, 15) is 4.79 Å². The van der Waals surface area contributed by atoms with E-state index < -0.39 is 5.66 Å². The number of nitrogens with one attached hydrogen (secondary N) is 2. The molecular formula is C21H26N6O. The number of allylic oxidation sites excluding steroid dienone is 2. The smallest absolute Gasteiger partial charge is 0.218 e. The van der Waals surface area contributed by atoms with Crippen molar-refractivity contribution >= 4 is 28.3 Å². The normalized spacial score (nSPS) is 22.7. The summed E-state index contributed by atoms with van der Waals surface area (Å²) in [6.07, 6.45) is 7.77. The minimum Gasteiger partial charge on any atom is -0.365 e. The van der Waals surface area contributed by atoms with E-state index >= 15 is 0 Å². The molecule has 1 fully saturated rings. The maximum absolute atomic E-state index is 11.4. The Morgan fingerprint density at radius 2 is 2.00 bits per heavy atom. The van der Waals surface area contributed by atoms with Gasteiger partial charge in [-0.2, -0.15) is 0 Å². The van der Waals surface area contributed by atoms with E-state index in [1.807, 2.05) is 43.6 Å². The van der Waals surface area contributed by atoms with E-state index in [4.69, 9.17) is 4.98 Å². The number of amides is 1. The number of rotatable bonds is 3. The monoisotopic (exact) mass is 378 g/mol. The number of hydrogen-bond donors (Lipinski definition) is 2. The lowest BCUT2D eigenvalue weighted by atomic mass is 10.00. The van der Waals surface area contributed by atoms with Gasteiger partial charge in [0.2, 0.25) is 5.91 Å². The average Bonchev–Trinajstić information content (AvgIpc) is 2.67. The summed E-state index contributed by atoms with van der Waals surface area (Å²) in [4.78, 5) is 25.4. The van der Waals surface area contributed by atoms with Gasteiger partial charge in [-0.05, 0) is 43.3 Å². The van der Waals surface area contributed by atoms with Crippen LogP contribution >= 0.6 is 0 Å². The Morgan fingerprint density at radius 1 is 1.21 bits per heavy atom. The highest BCUT2D eigenvalue weighted by Crippen LogP contribution is 2.25. The number of nitrogens with zero attached hydrogens (tertiary/aromatic N) is 4. The van der Waals surface area contributed by atoms with Crippen LogP contribution in [-0.2, 0) is 4.79 Å². The number of fused-ring (bicyclic) bond motifs is 1. The summed E-state index contributed by atoms with van der Waals surface area (Å²) in [7, 11) is 2.14. The molecule has 2 aliphatic heterocycles. The van der Waals surface area contributed by atoms with Crippen LogP contribution in [0.3, 0.4) is 0 Å². The number of dihydropyridines is 1. The van der Waals surface area contributed by atoms with E-state index in [-0.39, 0.29) is 5.91 Å². The van der Waals surface area contributed by atoms with Crippen molar-refractivity contribution in [3.05, 3.63) is 48.3 Å². The number of hydrogen-bond acceptors (Lipinski definition) is 6. The predicted molar refractivity (Wildman–Crippen MR) is 112 cm³/mol. The van der Waals surface area contributed by atoms with Crippen molar-refractivity contribution in [2.75, 3.05) is 38.1 Å². The Bertz CT molecular complexity index is 961. The van der Waals surface area contributed by atoms with Crippen molar-refractivity contribution in [1.29, 1.82) is 0 Å². The van der Waals surface area contributed by atoms with E-state index in [1.165, 1.54) is 6.92 Å². The Hall–Kier alpha value is -2.93. The van der Waals surface area contributed by atoms with E-state index in [1.54, 1.807) is 0 Å². The van der Waals surface area contributed by atoms with Gasteiger partial charge in [0.05, 0.1) is 17.2 Å². The molecule has 2 aromatic rings. The van der Waals surface area contributed by atoms with Crippen molar-refractivity contribution in [1.82, 2.24) is 25.5 Å². The molecule has 3 heterocycles. The van der Waals surface area contributed by atoms with Gasteiger partial charge in [-0.1, -0.05) is 12.1 Å². The molecule has 1 saturated heterocycles. The van der Waals surface area contributed by atoms with Crippen LogP contribution in [0.2, 0.25) is 0 Å². The zero-order valence-corrected chi connectivity index (χ0v) is 16.6. The second kappa shape index (κ2) is 7.24. The Labute approximate surface area is 165 Å². The van der Waals surface area contributed by atoms with Crippen LogP contribution in [0.1, 0.15) is 19.4 Å². The van der Waals surface area contributed by atoms with Gasteiger partial charge in [-0.15, -0.1) is 0 Å². The number of carbonyl (C=O) groups excluding carboxylic acids is 1. The highest BCUT2D eigenvalue weighted by atomic mass is 16.1. The quantitative estimate of drug-likeness (QED) is 0.848. The topological polar surface area (TPSA) is 73.4 Å². The maximum atomic E-state index is 11.4. The minimum absolute atomic E-state index is 0.0751. The molecule has 7 heteroatoms. The standard InChI is InChI=1S/C21H26N6O/c1-15(28)25-21(2)7-6-17(13-23-21)16-4-5-18-19(12-16)24-20(14-22-18)27-10-8-26(3)9-11-27/h4-7,12-14,23H,8-11H2,1-3H3,(H,25,28). The zero-order valence-electron chi connectivity index (χ0n) is 16.6. The van der Waals surface area contributed by atoms with Crippen LogP contribution in [0.4, 0.5) is 5.82 Å². The molecule has 1 aromatic carbocycles. The second-order valence-electron chi connectivity index (χ2n) is 7.68. The van der Waals surface area contributed by atoms with Gasteiger partial charge < -0.3 is 20.4 Å². The number of piperazine rings is 1. The van der Waals surface area contributed by atoms with Crippen molar-refractivity contribution in [2.24, 2.45) is 0 Å². The maximum Gasteiger partial charge on any atom is 0.218 e. The molecule has 4 rings (SSSR count). The molecule has 1 unspecified atom stereocenters. The Morgan fingerprint density at radius 3 is 2.68 bits per heavy atom. The lowest BCUT2D eigenvalue weighted by molar-refractivity contribution is -0.120. The summed E-state index contributed by atoms with van der Waals surface area (Å²) in [5.41, 5.74) is 3.31. The first-order valence-electron chi connectivity index (χ1n) is 9.58. The van der Waals surface area contributed by atoms with E-state index in [0.717, 1.165) is 54.2 Å². The fourth-order valence-electron chi connectivity index (χ4n) is 3.57. The van der Waals surface area contributed by atoms with Crippen LogP contribution < -0.4 is 15.5 Å². The SMILES string of the molecule is CC(=O)NC1(C)C=CC(c2ccc3ncc(N4CCN(C)CC4)nc3c2)=CN1. The number of benzene rings is 1. The third-order valence-corrected chi connectivity index (χ3v) is 5.25. The number of likely N-dealkylation sites (N-methyl/N-ethyl adjacent to an activating group) is 1. The molecule has 0 bridgehead atoms. The number of carbonyl (C=O) groups is 1. The summed E-state index contributed by atoms with van der Waals surface area (Å²) < 4.78 is 0. The molecular weight excluding hydrogens is 352 g/mol. The highest BCUT2D eigenvalue weighted by Gasteiger charge is 2.23. The predicted octanol–water partition coefficient (Wildman–Crippen LogP) is 1.73. The molecule has 1 atom stereocenters. The zero-order chi connectivity index (χ0) is 19.7. The molecule has 2 N–H and O–H groups in total. The van der Waals surface area contributed by atoms with Crippen LogP contribution in [0.5, 0.6) is 0 Å². The van der Waals surface area contributed by atoms with Crippen molar-refractivity contribution < 1.29 is 4.79 Å². The first kappa shape index (κ1) is 18.4. The van der Waals surface area contributed by atoms with Gasteiger partial charge in [0.1, 0.15) is 11.5 Å². The van der Waals surface area contributed by atoms with Gasteiger partial charge in [0, 0.05) is 39.3 Å². The van der Waals surface area contributed by atoms with E-state index in [2.05, 4.69) is 38.5 Å².